The van der Waals surface area contributed by atoms with E-state index in [0.717, 1.165) is 55.8 Å². The fourth-order valence-corrected chi connectivity index (χ4v) is 7.92. The molecule has 148 valence electrons. The van der Waals surface area contributed by atoms with Gasteiger partial charge < -0.3 is 10.2 Å². The first-order chi connectivity index (χ1) is 12.4. The predicted octanol–water partition coefficient (Wildman–Crippen LogP) is 5.48. The first-order valence-electron chi connectivity index (χ1n) is 11.4. The molecule has 0 aromatic heterocycles. The fraction of sp³-hybridized carbons (Fsp3) is 0.917. The zero-order valence-corrected chi connectivity index (χ0v) is 17.2. The molecular weight excluding hydrogens is 320 g/mol. The van der Waals surface area contributed by atoms with Gasteiger partial charge in [0.2, 0.25) is 0 Å². The fourth-order valence-electron chi connectivity index (χ4n) is 7.92. The molecular formula is C24H40O2. The van der Waals surface area contributed by atoms with E-state index in [1.54, 1.807) is 5.57 Å². The van der Waals surface area contributed by atoms with E-state index in [1.165, 1.54) is 38.5 Å². The molecule has 0 spiro atoms. The molecule has 0 heterocycles. The third-order valence-electron chi connectivity index (χ3n) is 9.45. The van der Waals surface area contributed by atoms with Crippen molar-refractivity contribution >= 4 is 0 Å². The molecule has 4 aliphatic rings. The van der Waals surface area contributed by atoms with Crippen molar-refractivity contribution in [2.45, 2.75) is 104 Å². The van der Waals surface area contributed by atoms with Crippen molar-refractivity contribution in [1.29, 1.82) is 0 Å². The summed E-state index contributed by atoms with van der Waals surface area (Å²) in [5, 5.41) is 20.6. The number of hydrogen-bond donors (Lipinski definition) is 2. The van der Waals surface area contributed by atoms with E-state index >= 15 is 0 Å². The molecule has 5 unspecified atom stereocenters. The van der Waals surface area contributed by atoms with Crippen molar-refractivity contribution in [3.63, 3.8) is 0 Å². The lowest BCUT2D eigenvalue weighted by molar-refractivity contribution is -0.0556. The molecule has 0 aromatic rings. The van der Waals surface area contributed by atoms with Crippen LogP contribution in [0.25, 0.3) is 0 Å². The van der Waals surface area contributed by atoms with Gasteiger partial charge in [-0.1, -0.05) is 38.8 Å². The lowest BCUT2D eigenvalue weighted by atomic mass is 9.47. The van der Waals surface area contributed by atoms with Crippen molar-refractivity contribution in [1.82, 2.24) is 0 Å². The summed E-state index contributed by atoms with van der Waals surface area (Å²) in [6.07, 6.45) is 15.2. The molecule has 2 heteroatoms. The number of fused-ring (bicyclic) bond motifs is 5. The minimum atomic E-state index is -0.101. The van der Waals surface area contributed by atoms with Gasteiger partial charge in [0.25, 0.3) is 0 Å². The first-order valence-corrected chi connectivity index (χ1v) is 11.4. The lowest BCUT2D eigenvalue weighted by Gasteiger charge is -2.58. The van der Waals surface area contributed by atoms with Crippen LogP contribution >= 0.6 is 0 Å². The van der Waals surface area contributed by atoms with Crippen LogP contribution in [-0.4, -0.2) is 22.4 Å². The van der Waals surface area contributed by atoms with Gasteiger partial charge in [-0.25, -0.2) is 0 Å². The maximum Gasteiger partial charge on any atom is 0.0577 e. The van der Waals surface area contributed by atoms with Gasteiger partial charge in [0.15, 0.2) is 0 Å². The summed E-state index contributed by atoms with van der Waals surface area (Å²) in [7, 11) is 0. The van der Waals surface area contributed by atoms with Crippen molar-refractivity contribution in [3.05, 3.63) is 11.6 Å². The molecule has 0 radical (unpaired) electrons. The zero-order valence-electron chi connectivity index (χ0n) is 17.2. The van der Waals surface area contributed by atoms with Gasteiger partial charge in [-0.3, -0.25) is 0 Å². The van der Waals surface area contributed by atoms with Gasteiger partial charge in [-0.05, 0) is 98.7 Å². The number of aliphatic hydroxyl groups is 2. The molecule has 8 atom stereocenters. The van der Waals surface area contributed by atoms with Gasteiger partial charge >= 0.3 is 0 Å². The Balaban J connectivity index is 1.54. The highest BCUT2D eigenvalue weighted by atomic mass is 16.3. The zero-order chi connectivity index (χ0) is 18.5. The Bertz CT molecular complexity index is 554. The summed E-state index contributed by atoms with van der Waals surface area (Å²) in [6.45, 7) is 7.26. The number of aliphatic hydroxyl groups excluding tert-OH is 2. The summed E-state index contributed by atoms with van der Waals surface area (Å²) in [5.74, 6) is 3.24. The topological polar surface area (TPSA) is 40.5 Å². The Morgan fingerprint density at radius 2 is 1.92 bits per heavy atom. The van der Waals surface area contributed by atoms with E-state index in [0.29, 0.717) is 10.8 Å². The maximum atomic E-state index is 10.4. The minimum Gasteiger partial charge on any atom is -0.393 e. The molecule has 0 aromatic carbocycles. The van der Waals surface area contributed by atoms with E-state index in [4.69, 9.17) is 0 Å². The number of allylic oxidation sites excluding steroid dienone is 1. The highest BCUT2D eigenvalue weighted by molar-refractivity contribution is 5.25. The molecule has 26 heavy (non-hydrogen) atoms. The van der Waals surface area contributed by atoms with Crippen LogP contribution in [0, 0.1) is 34.5 Å². The van der Waals surface area contributed by atoms with Gasteiger partial charge in [0.05, 0.1) is 12.2 Å². The molecule has 0 bridgehead atoms. The second-order valence-electron chi connectivity index (χ2n) is 10.7. The van der Waals surface area contributed by atoms with E-state index in [9.17, 15) is 10.2 Å². The van der Waals surface area contributed by atoms with Crippen LogP contribution in [0.4, 0.5) is 0 Å². The van der Waals surface area contributed by atoms with Crippen LogP contribution in [-0.2, 0) is 0 Å². The lowest BCUT2D eigenvalue weighted by Crippen LogP contribution is -2.50. The highest BCUT2D eigenvalue weighted by Crippen LogP contribution is 2.66. The van der Waals surface area contributed by atoms with Gasteiger partial charge in [0, 0.05) is 0 Å². The van der Waals surface area contributed by atoms with Crippen LogP contribution in [0.3, 0.4) is 0 Å². The van der Waals surface area contributed by atoms with Gasteiger partial charge in [-0.2, -0.15) is 0 Å². The predicted molar refractivity (Wildman–Crippen MR) is 107 cm³/mol. The van der Waals surface area contributed by atoms with E-state index in [2.05, 4.69) is 26.8 Å². The summed E-state index contributed by atoms with van der Waals surface area (Å²) in [5.41, 5.74) is 2.38. The standard InChI is InChI=1S/C24H40O2/c1-4-5-18(25)14-17-7-9-21-20-8-6-16-15-19(26)10-12-23(16,2)22(20)11-13-24(17,21)3/h6,17-22,25-26H,4-5,7-15H2,1-3H3/t17-,18+,19?,20?,21?,22?,23+,24?/m1/s1. The van der Waals surface area contributed by atoms with Gasteiger partial charge in [-0.15, -0.1) is 0 Å². The average molecular weight is 361 g/mol. The van der Waals surface area contributed by atoms with Crippen LogP contribution in [0.1, 0.15) is 91.4 Å². The summed E-state index contributed by atoms with van der Waals surface area (Å²) in [6, 6.07) is 0. The van der Waals surface area contributed by atoms with E-state index in [1.807, 2.05) is 0 Å². The van der Waals surface area contributed by atoms with Crippen LogP contribution in [0.2, 0.25) is 0 Å². The number of hydrogen-bond acceptors (Lipinski definition) is 2. The third-order valence-corrected chi connectivity index (χ3v) is 9.45. The van der Waals surface area contributed by atoms with Crippen molar-refractivity contribution in [2.75, 3.05) is 0 Å². The van der Waals surface area contributed by atoms with Crippen molar-refractivity contribution in [3.8, 4) is 0 Å². The van der Waals surface area contributed by atoms with Crippen LogP contribution in [0.15, 0.2) is 11.6 Å². The highest BCUT2D eigenvalue weighted by Gasteiger charge is 2.58. The van der Waals surface area contributed by atoms with E-state index < -0.39 is 0 Å². The second kappa shape index (κ2) is 6.92. The third kappa shape index (κ3) is 2.91. The van der Waals surface area contributed by atoms with Crippen molar-refractivity contribution < 1.29 is 10.2 Å². The van der Waals surface area contributed by atoms with Crippen LogP contribution < -0.4 is 0 Å². The van der Waals surface area contributed by atoms with Crippen LogP contribution in [0.5, 0.6) is 0 Å². The normalized spacial score (nSPS) is 49.0. The molecule has 3 saturated carbocycles. The Morgan fingerprint density at radius 1 is 1.12 bits per heavy atom. The molecule has 2 nitrogen and oxygen atoms in total. The van der Waals surface area contributed by atoms with Crippen molar-refractivity contribution in [2.24, 2.45) is 34.5 Å². The quantitative estimate of drug-likeness (QED) is 0.652. The Labute approximate surface area is 160 Å². The smallest absolute Gasteiger partial charge is 0.0577 e. The minimum absolute atomic E-state index is 0.0893. The molecule has 2 N–H and O–H groups in total. The molecule has 0 aliphatic heterocycles. The summed E-state index contributed by atoms with van der Waals surface area (Å²) >= 11 is 0. The Hall–Kier alpha value is -0.340. The molecule has 0 amide bonds. The first kappa shape index (κ1) is 19.0. The maximum absolute atomic E-state index is 10.4. The average Bonchev–Trinajstić information content (AvgIpc) is 2.92. The molecule has 4 rings (SSSR count). The molecule has 3 fully saturated rings. The molecule has 4 aliphatic carbocycles. The van der Waals surface area contributed by atoms with E-state index in [-0.39, 0.29) is 12.2 Å². The largest absolute Gasteiger partial charge is 0.393 e. The molecule has 0 saturated heterocycles. The van der Waals surface area contributed by atoms with Gasteiger partial charge in [0.1, 0.15) is 0 Å². The Morgan fingerprint density at radius 3 is 2.69 bits per heavy atom. The SMILES string of the molecule is CCC[C@H](O)C[C@H]1CCC2C3CC=C4CC(O)CC[C@]4(C)C3CCC21C. The number of rotatable bonds is 4. The monoisotopic (exact) mass is 360 g/mol. The Kier molecular flexibility index (Phi) is 5.06. The summed E-state index contributed by atoms with van der Waals surface area (Å²) < 4.78 is 0. The summed E-state index contributed by atoms with van der Waals surface area (Å²) in [4.78, 5) is 0. The second-order valence-corrected chi connectivity index (χ2v) is 10.7.